The van der Waals surface area contributed by atoms with Gasteiger partial charge < -0.3 is 9.80 Å². The van der Waals surface area contributed by atoms with Gasteiger partial charge in [0.15, 0.2) is 5.84 Å². The minimum Gasteiger partial charge on any atom is -0.358 e. The van der Waals surface area contributed by atoms with E-state index in [4.69, 9.17) is 0 Å². The molecule has 0 fully saturated rings. The highest BCUT2D eigenvalue weighted by molar-refractivity contribution is 6.06. The van der Waals surface area contributed by atoms with E-state index in [9.17, 15) is 0 Å². The molecule has 2 aliphatic heterocycles. The average molecular weight is 206 g/mol. The molecule has 0 atom stereocenters. The molecule has 0 radical (unpaired) electrons. The van der Waals surface area contributed by atoms with Crippen molar-refractivity contribution < 1.29 is 0 Å². The van der Waals surface area contributed by atoms with Gasteiger partial charge in [0.1, 0.15) is 12.0 Å². The fraction of sp³-hybridized carbons (Fsp3) is 0.636. The summed E-state index contributed by atoms with van der Waals surface area (Å²) in [6.07, 6.45) is 6.09. The molecule has 0 N–H and O–H groups in total. The van der Waals surface area contributed by atoms with Crippen LogP contribution in [0.25, 0.3) is 0 Å². The van der Waals surface area contributed by atoms with E-state index < -0.39 is 0 Å². The molecule has 82 valence electrons. The molecule has 0 amide bonds. The first-order chi connectivity index (χ1) is 7.35. The number of hydrogen-bond donors (Lipinski definition) is 0. The van der Waals surface area contributed by atoms with Gasteiger partial charge in [0, 0.05) is 19.3 Å². The van der Waals surface area contributed by atoms with Crippen LogP contribution in [0.2, 0.25) is 0 Å². The maximum atomic E-state index is 4.31. The zero-order valence-corrected chi connectivity index (χ0v) is 9.48. The van der Waals surface area contributed by atoms with E-state index in [-0.39, 0.29) is 0 Å². The van der Waals surface area contributed by atoms with Crippen molar-refractivity contribution in [3.05, 3.63) is 11.9 Å². The minimum absolute atomic E-state index is 0.952. The van der Waals surface area contributed by atoms with Crippen LogP contribution in [-0.4, -0.2) is 41.7 Å². The lowest BCUT2D eigenvalue weighted by Crippen LogP contribution is -2.44. The molecule has 0 bridgehead atoms. The van der Waals surface area contributed by atoms with Gasteiger partial charge >= 0.3 is 0 Å². The first kappa shape index (κ1) is 10.2. The average Bonchev–Trinajstić information content (AvgIpc) is 2.67. The number of fused-ring (bicyclic) bond motifs is 1. The number of rotatable bonds is 4. The Morgan fingerprint density at radius 2 is 2.07 bits per heavy atom. The van der Waals surface area contributed by atoms with Crippen LogP contribution in [0.15, 0.2) is 21.9 Å². The monoisotopic (exact) mass is 206 g/mol. The zero-order valence-electron chi connectivity index (χ0n) is 9.48. The molecule has 0 aromatic heterocycles. The Morgan fingerprint density at radius 3 is 2.80 bits per heavy atom. The van der Waals surface area contributed by atoms with Gasteiger partial charge in [0.05, 0.1) is 6.67 Å². The maximum absolute atomic E-state index is 4.31. The highest BCUT2D eigenvalue weighted by Gasteiger charge is 2.24. The van der Waals surface area contributed by atoms with Gasteiger partial charge in [-0.3, -0.25) is 0 Å². The first-order valence-corrected chi connectivity index (χ1v) is 5.66. The van der Waals surface area contributed by atoms with Crippen LogP contribution in [0.4, 0.5) is 0 Å². The Kier molecular flexibility index (Phi) is 3.04. The van der Waals surface area contributed by atoms with E-state index in [0.29, 0.717) is 0 Å². The van der Waals surface area contributed by atoms with Crippen molar-refractivity contribution in [3.8, 4) is 0 Å². The van der Waals surface area contributed by atoms with Crippen molar-refractivity contribution in [1.82, 2.24) is 9.80 Å². The van der Waals surface area contributed by atoms with Crippen molar-refractivity contribution in [2.45, 2.75) is 26.7 Å². The lowest BCUT2D eigenvalue weighted by atomic mass is 10.3. The second-order valence-corrected chi connectivity index (χ2v) is 3.93. The molecule has 2 rings (SSSR count). The van der Waals surface area contributed by atoms with Crippen LogP contribution in [0.5, 0.6) is 0 Å². The molecular formula is C11H18N4. The van der Waals surface area contributed by atoms with Gasteiger partial charge in [-0.05, 0) is 12.8 Å². The smallest absolute Gasteiger partial charge is 0.159 e. The van der Waals surface area contributed by atoms with E-state index in [0.717, 1.165) is 37.7 Å². The van der Waals surface area contributed by atoms with Gasteiger partial charge in [-0.15, -0.1) is 0 Å². The largest absolute Gasteiger partial charge is 0.358 e. The van der Waals surface area contributed by atoms with E-state index >= 15 is 0 Å². The van der Waals surface area contributed by atoms with E-state index in [1.165, 1.54) is 6.42 Å². The summed E-state index contributed by atoms with van der Waals surface area (Å²) in [5.74, 6) is 1.05. The van der Waals surface area contributed by atoms with Crippen LogP contribution in [0.3, 0.4) is 0 Å². The fourth-order valence-corrected chi connectivity index (χ4v) is 1.97. The van der Waals surface area contributed by atoms with E-state index in [1.807, 2.05) is 0 Å². The summed E-state index contributed by atoms with van der Waals surface area (Å²) >= 11 is 0. The van der Waals surface area contributed by atoms with Crippen molar-refractivity contribution in [3.63, 3.8) is 0 Å². The fourth-order valence-electron chi connectivity index (χ4n) is 1.97. The second kappa shape index (κ2) is 4.47. The molecule has 2 heterocycles. The summed E-state index contributed by atoms with van der Waals surface area (Å²) in [6.45, 7) is 7.49. The van der Waals surface area contributed by atoms with Crippen LogP contribution in [0, 0.1) is 0 Å². The zero-order chi connectivity index (χ0) is 10.7. The number of aliphatic imine (C=N–C) groups is 2. The highest BCUT2D eigenvalue weighted by atomic mass is 15.4. The van der Waals surface area contributed by atoms with Gasteiger partial charge in [-0.25, -0.2) is 9.98 Å². The lowest BCUT2D eigenvalue weighted by molar-refractivity contribution is 0.235. The SMILES string of the molecule is CCCN1C=C2N=CN=C2N(CCC)C1. The Labute approximate surface area is 91.0 Å². The summed E-state index contributed by atoms with van der Waals surface area (Å²) in [5.41, 5.74) is 1.02. The minimum atomic E-state index is 0.952. The van der Waals surface area contributed by atoms with Crippen LogP contribution in [0.1, 0.15) is 26.7 Å². The summed E-state index contributed by atoms with van der Waals surface area (Å²) < 4.78 is 0. The highest BCUT2D eigenvalue weighted by Crippen LogP contribution is 2.18. The molecule has 15 heavy (non-hydrogen) atoms. The van der Waals surface area contributed by atoms with Crippen molar-refractivity contribution in [2.24, 2.45) is 9.98 Å². The van der Waals surface area contributed by atoms with Crippen molar-refractivity contribution in [1.29, 1.82) is 0 Å². The normalized spacial score (nSPS) is 19.1. The summed E-state index contributed by atoms with van der Waals surface area (Å²) in [6, 6.07) is 0. The van der Waals surface area contributed by atoms with Gasteiger partial charge in [-0.2, -0.15) is 0 Å². The molecule has 0 aromatic rings. The molecule has 4 heteroatoms. The molecule has 0 spiro atoms. The summed E-state index contributed by atoms with van der Waals surface area (Å²) in [7, 11) is 0. The third kappa shape index (κ3) is 2.03. The Morgan fingerprint density at radius 1 is 1.27 bits per heavy atom. The first-order valence-electron chi connectivity index (χ1n) is 5.66. The molecule has 2 aliphatic rings. The number of amidine groups is 1. The van der Waals surface area contributed by atoms with E-state index in [2.05, 4.69) is 39.8 Å². The standard InChI is InChI=1S/C11H18N4/c1-3-5-14-7-10-11(13-8-12-10)15(9-14)6-4-2/h7-8H,3-6,9H2,1-2H3. The predicted molar refractivity (Wildman–Crippen MR) is 62.9 cm³/mol. The quantitative estimate of drug-likeness (QED) is 0.700. The summed E-state index contributed by atoms with van der Waals surface area (Å²) in [4.78, 5) is 13.2. The molecule has 0 unspecified atom stereocenters. The van der Waals surface area contributed by atoms with Crippen molar-refractivity contribution >= 4 is 12.2 Å². The maximum Gasteiger partial charge on any atom is 0.159 e. The van der Waals surface area contributed by atoms with Gasteiger partial charge in [-0.1, -0.05) is 13.8 Å². The van der Waals surface area contributed by atoms with Crippen LogP contribution < -0.4 is 0 Å². The van der Waals surface area contributed by atoms with Crippen LogP contribution >= 0.6 is 0 Å². The molecule has 0 saturated carbocycles. The molecule has 0 aliphatic carbocycles. The molecule has 0 saturated heterocycles. The van der Waals surface area contributed by atoms with E-state index in [1.54, 1.807) is 6.34 Å². The Balaban J connectivity index is 2.13. The second-order valence-electron chi connectivity index (χ2n) is 3.93. The topological polar surface area (TPSA) is 31.2 Å². The van der Waals surface area contributed by atoms with Crippen molar-refractivity contribution in [2.75, 3.05) is 19.8 Å². The Hall–Kier alpha value is -1.32. The third-order valence-corrected chi connectivity index (χ3v) is 2.57. The van der Waals surface area contributed by atoms with Crippen LogP contribution in [-0.2, 0) is 0 Å². The predicted octanol–water partition coefficient (Wildman–Crippen LogP) is 1.66. The van der Waals surface area contributed by atoms with Gasteiger partial charge in [0.25, 0.3) is 0 Å². The molecular weight excluding hydrogens is 188 g/mol. The molecule has 0 aromatic carbocycles. The number of nitrogens with zero attached hydrogens (tertiary/aromatic N) is 4. The summed E-state index contributed by atoms with van der Waals surface area (Å²) in [5, 5.41) is 0. The number of hydrogen-bond acceptors (Lipinski definition) is 4. The van der Waals surface area contributed by atoms with Gasteiger partial charge in [0.2, 0.25) is 0 Å². The molecule has 4 nitrogen and oxygen atoms in total. The Bertz CT molecular complexity index is 317. The third-order valence-electron chi connectivity index (χ3n) is 2.57. The lowest BCUT2D eigenvalue weighted by Gasteiger charge is -2.35.